The van der Waals surface area contributed by atoms with Gasteiger partial charge in [0.1, 0.15) is 41.8 Å². The fourth-order valence-electron chi connectivity index (χ4n) is 4.99. The van der Waals surface area contributed by atoms with E-state index in [-0.39, 0.29) is 0 Å². The van der Waals surface area contributed by atoms with Gasteiger partial charge in [0.05, 0.1) is 11.4 Å². The van der Waals surface area contributed by atoms with Crippen molar-refractivity contribution in [2.24, 2.45) is 0 Å². The monoisotopic (exact) mass is 599 g/mol. The van der Waals surface area contributed by atoms with Crippen molar-refractivity contribution in [2.45, 2.75) is 13.2 Å². The van der Waals surface area contributed by atoms with Gasteiger partial charge >= 0.3 is 0 Å². The van der Waals surface area contributed by atoms with Crippen molar-refractivity contribution in [3.8, 4) is 56.9 Å². The van der Waals surface area contributed by atoms with Crippen molar-refractivity contribution < 1.29 is 9.47 Å². The molecule has 4 aromatic carbocycles. The molecule has 7 nitrogen and oxygen atoms in total. The minimum atomic E-state index is 0.406. The van der Waals surface area contributed by atoms with Crippen LogP contribution >= 0.6 is 0 Å². The summed E-state index contributed by atoms with van der Waals surface area (Å²) < 4.78 is 12.3. The van der Waals surface area contributed by atoms with Crippen molar-refractivity contribution in [2.75, 3.05) is 0 Å². The Labute approximate surface area is 267 Å². The van der Waals surface area contributed by atoms with E-state index in [0.29, 0.717) is 36.1 Å². The Morgan fingerprint density at radius 3 is 1.63 bits per heavy atom. The Morgan fingerprint density at radius 2 is 1.00 bits per heavy atom. The molecule has 7 rings (SSSR count). The van der Waals surface area contributed by atoms with E-state index in [9.17, 15) is 0 Å². The van der Waals surface area contributed by atoms with E-state index in [2.05, 4.69) is 10.1 Å². The molecular formula is C39H29N5O2. The van der Waals surface area contributed by atoms with E-state index in [0.717, 1.165) is 45.1 Å². The van der Waals surface area contributed by atoms with Crippen LogP contribution in [0, 0.1) is 0 Å². The minimum Gasteiger partial charge on any atom is -0.489 e. The standard InChI is InChI=1S/C39H29N5O2/c1-3-12-28(13-4-1)26-45-32-18-9-16-30(24-32)37-38(31-17-10-19-33(25-31)46-27-29-14-5-2-6-15-29)43-44-39(42-37)36-22-11-21-35(41-36)34-20-7-8-23-40-34/h1-25H,26-27H2. The summed E-state index contributed by atoms with van der Waals surface area (Å²) >= 11 is 0. The van der Waals surface area contributed by atoms with Crippen molar-refractivity contribution in [3.05, 3.63) is 163 Å². The number of hydrogen-bond acceptors (Lipinski definition) is 7. The third-order valence-corrected chi connectivity index (χ3v) is 7.30. The average Bonchev–Trinajstić information content (AvgIpc) is 3.14. The van der Waals surface area contributed by atoms with Gasteiger partial charge in [-0.3, -0.25) is 4.98 Å². The Kier molecular flexibility index (Phi) is 8.45. The van der Waals surface area contributed by atoms with E-state index < -0.39 is 0 Å². The zero-order chi connectivity index (χ0) is 31.0. The molecule has 0 aliphatic rings. The smallest absolute Gasteiger partial charge is 0.201 e. The fourth-order valence-corrected chi connectivity index (χ4v) is 4.99. The first-order valence-electron chi connectivity index (χ1n) is 15.0. The maximum Gasteiger partial charge on any atom is 0.201 e. The first kappa shape index (κ1) is 28.6. The molecule has 0 bridgehead atoms. The Hall–Kier alpha value is -6.21. The molecule has 0 saturated heterocycles. The highest BCUT2D eigenvalue weighted by Crippen LogP contribution is 2.33. The quantitative estimate of drug-likeness (QED) is 0.156. The van der Waals surface area contributed by atoms with Crippen LogP contribution in [0.1, 0.15) is 11.1 Å². The van der Waals surface area contributed by atoms with E-state index in [1.54, 1.807) is 6.20 Å². The Bertz CT molecular complexity index is 2060. The molecule has 0 spiro atoms. The van der Waals surface area contributed by atoms with Crippen molar-refractivity contribution in [1.29, 1.82) is 0 Å². The first-order valence-corrected chi connectivity index (χ1v) is 15.0. The van der Waals surface area contributed by atoms with E-state index in [4.69, 9.17) is 24.5 Å². The molecule has 0 amide bonds. The lowest BCUT2D eigenvalue weighted by atomic mass is 10.0. The lowest BCUT2D eigenvalue weighted by Crippen LogP contribution is -2.02. The van der Waals surface area contributed by atoms with Crippen LogP contribution in [0.3, 0.4) is 0 Å². The second-order valence-corrected chi connectivity index (χ2v) is 10.6. The summed E-state index contributed by atoms with van der Waals surface area (Å²) in [5.41, 5.74) is 7.22. The second kappa shape index (κ2) is 13.6. The van der Waals surface area contributed by atoms with Crippen LogP contribution in [0.25, 0.3) is 45.4 Å². The molecular weight excluding hydrogens is 570 g/mol. The molecule has 3 aromatic heterocycles. The summed E-state index contributed by atoms with van der Waals surface area (Å²) in [6.07, 6.45) is 1.75. The van der Waals surface area contributed by atoms with E-state index in [1.807, 2.05) is 146 Å². The number of pyridine rings is 2. The van der Waals surface area contributed by atoms with Gasteiger partial charge in [-0.15, -0.1) is 10.2 Å². The molecule has 222 valence electrons. The highest BCUT2D eigenvalue weighted by molar-refractivity contribution is 5.79. The number of aromatic nitrogens is 5. The van der Waals surface area contributed by atoms with Crippen LogP contribution in [0.4, 0.5) is 0 Å². The van der Waals surface area contributed by atoms with Gasteiger partial charge in [0.25, 0.3) is 0 Å². The van der Waals surface area contributed by atoms with Gasteiger partial charge in [-0.25, -0.2) is 9.97 Å². The lowest BCUT2D eigenvalue weighted by Gasteiger charge is -2.13. The van der Waals surface area contributed by atoms with Gasteiger partial charge < -0.3 is 9.47 Å². The second-order valence-electron chi connectivity index (χ2n) is 10.6. The normalized spacial score (nSPS) is 10.8. The van der Waals surface area contributed by atoms with E-state index >= 15 is 0 Å². The van der Waals surface area contributed by atoms with Crippen LogP contribution in [0.15, 0.2) is 152 Å². The first-order chi connectivity index (χ1) is 22.8. The summed E-state index contributed by atoms with van der Waals surface area (Å²) in [6.45, 7) is 0.911. The minimum absolute atomic E-state index is 0.406. The largest absolute Gasteiger partial charge is 0.489 e. The van der Waals surface area contributed by atoms with Crippen LogP contribution in [0.2, 0.25) is 0 Å². The summed E-state index contributed by atoms with van der Waals surface area (Å²) in [5, 5.41) is 9.27. The molecule has 0 fully saturated rings. The number of ether oxygens (including phenoxy) is 2. The van der Waals surface area contributed by atoms with Gasteiger partial charge in [-0.05, 0) is 59.7 Å². The van der Waals surface area contributed by atoms with Crippen LogP contribution < -0.4 is 9.47 Å². The zero-order valence-corrected chi connectivity index (χ0v) is 24.9. The predicted octanol–water partition coefficient (Wildman–Crippen LogP) is 8.49. The van der Waals surface area contributed by atoms with Crippen molar-refractivity contribution >= 4 is 0 Å². The lowest BCUT2D eigenvalue weighted by molar-refractivity contribution is 0.306. The average molecular weight is 600 g/mol. The maximum atomic E-state index is 6.17. The highest BCUT2D eigenvalue weighted by Gasteiger charge is 2.17. The molecule has 0 atom stereocenters. The predicted molar refractivity (Wildman–Crippen MR) is 179 cm³/mol. The molecule has 7 aromatic rings. The fraction of sp³-hybridized carbons (Fsp3) is 0.0513. The molecule has 0 saturated carbocycles. The Balaban J connectivity index is 1.26. The number of hydrogen-bond donors (Lipinski definition) is 0. The van der Waals surface area contributed by atoms with Gasteiger partial charge in [0.2, 0.25) is 5.82 Å². The summed E-state index contributed by atoms with van der Waals surface area (Å²) in [5.74, 6) is 1.86. The van der Waals surface area contributed by atoms with E-state index in [1.165, 1.54) is 0 Å². The molecule has 46 heavy (non-hydrogen) atoms. The van der Waals surface area contributed by atoms with Gasteiger partial charge in [-0.1, -0.05) is 97.1 Å². The molecule has 3 heterocycles. The SMILES string of the molecule is c1ccc(COc2cccc(-c3nnc(-c4cccc(-c5ccccn5)n4)nc3-c3cccc(OCc4ccccc4)c3)c2)cc1. The number of nitrogens with zero attached hydrogens (tertiary/aromatic N) is 5. The molecule has 0 aliphatic heterocycles. The van der Waals surface area contributed by atoms with Crippen molar-refractivity contribution in [1.82, 2.24) is 25.1 Å². The zero-order valence-electron chi connectivity index (χ0n) is 24.9. The van der Waals surface area contributed by atoms with Crippen LogP contribution in [-0.4, -0.2) is 25.1 Å². The summed E-state index contributed by atoms with van der Waals surface area (Å²) in [6, 6.07) is 47.4. The highest BCUT2D eigenvalue weighted by atomic mass is 16.5. The number of rotatable bonds is 10. The van der Waals surface area contributed by atoms with Crippen molar-refractivity contribution in [3.63, 3.8) is 0 Å². The van der Waals surface area contributed by atoms with Gasteiger partial charge in [0.15, 0.2) is 0 Å². The third kappa shape index (κ3) is 6.79. The maximum absolute atomic E-state index is 6.17. The molecule has 0 radical (unpaired) electrons. The molecule has 0 unspecified atom stereocenters. The van der Waals surface area contributed by atoms with Gasteiger partial charge in [0, 0.05) is 17.3 Å². The van der Waals surface area contributed by atoms with Gasteiger partial charge in [-0.2, -0.15) is 0 Å². The molecule has 7 heteroatoms. The Morgan fingerprint density at radius 1 is 0.435 bits per heavy atom. The summed E-state index contributed by atoms with van der Waals surface area (Å²) in [7, 11) is 0. The van der Waals surface area contributed by atoms with Crippen LogP contribution in [0.5, 0.6) is 11.5 Å². The third-order valence-electron chi connectivity index (χ3n) is 7.30. The topological polar surface area (TPSA) is 82.9 Å². The van der Waals surface area contributed by atoms with Crippen LogP contribution in [-0.2, 0) is 13.2 Å². The summed E-state index contributed by atoms with van der Waals surface area (Å²) in [4.78, 5) is 14.3. The number of benzene rings is 4. The molecule has 0 aliphatic carbocycles. The molecule has 0 N–H and O–H groups in total.